The van der Waals surface area contributed by atoms with E-state index in [2.05, 4.69) is 4.90 Å². The molecule has 1 saturated heterocycles. The lowest BCUT2D eigenvalue weighted by Crippen LogP contribution is -2.34. The zero-order valence-corrected chi connectivity index (χ0v) is 12.5. The monoisotopic (exact) mass is 303 g/mol. The molecule has 0 aliphatic carbocycles. The molecule has 1 heterocycles. The highest BCUT2D eigenvalue weighted by Crippen LogP contribution is 2.32. The molecule has 5 heteroatoms. The summed E-state index contributed by atoms with van der Waals surface area (Å²) in [6.45, 7) is 3.54. The van der Waals surface area contributed by atoms with E-state index in [0.29, 0.717) is 22.5 Å². The van der Waals surface area contributed by atoms with Gasteiger partial charge in [-0.15, -0.1) is 0 Å². The van der Waals surface area contributed by atoms with Gasteiger partial charge in [-0.1, -0.05) is 23.2 Å². The lowest BCUT2D eigenvalue weighted by Gasteiger charge is -2.31. The number of phenols is 1. The summed E-state index contributed by atoms with van der Waals surface area (Å²) in [5.74, 6) is 0.794. The van der Waals surface area contributed by atoms with Gasteiger partial charge in [-0.3, -0.25) is 4.90 Å². The van der Waals surface area contributed by atoms with E-state index in [1.54, 1.807) is 19.2 Å². The Morgan fingerprint density at radius 3 is 2.63 bits per heavy atom. The molecule has 0 aromatic heterocycles. The van der Waals surface area contributed by atoms with Gasteiger partial charge in [0, 0.05) is 30.8 Å². The first-order valence-electron chi connectivity index (χ1n) is 6.48. The average Bonchev–Trinajstić information content (AvgIpc) is 2.38. The molecule has 106 valence electrons. The molecule has 1 aromatic carbocycles. The van der Waals surface area contributed by atoms with Crippen LogP contribution in [0.3, 0.4) is 0 Å². The molecule has 0 spiro atoms. The van der Waals surface area contributed by atoms with E-state index in [1.807, 2.05) is 0 Å². The fraction of sp³-hybridized carbons (Fsp3) is 0.571. The summed E-state index contributed by atoms with van der Waals surface area (Å²) in [7, 11) is 1.75. The predicted molar refractivity (Wildman–Crippen MR) is 78.0 cm³/mol. The summed E-state index contributed by atoms with van der Waals surface area (Å²) in [5.41, 5.74) is 0.794. The normalized spacial score (nSPS) is 17.8. The third-order valence-electron chi connectivity index (χ3n) is 3.61. The summed E-state index contributed by atoms with van der Waals surface area (Å²) in [5, 5.41) is 10.8. The van der Waals surface area contributed by atoms with Crippen molar-refractivity contribution in [3.05, 3.63) is 27.7 Å². The Labute approximate surface area is 124 Å². The zero-order chi connectivity index (χ0) is 13.8. The number of aromatic hydroxyl groups is 1. The van der Waals surface area contributed by atoms with Crippen molar-refractivity contribution in [2.24, 2.45) is 5.92 Å². The maximum absolute atomic E-state index is 9.95. The lowest BCUT2D eigenvalue weighted by molar-refractivity contribution is 0.0965. The number of rotatable bonds is 4. The van der Waals surface area contributed by atoms with Crippen molar-refractivity contribution in [3.8, 4) is 5.75 Å². The van der Waals surface area contributed by atoms with Crippen molar-refractivity contribution in [1.82, 2.24) is 4.90 Å². The van der Waals surface area contributed by atoms with Crippen LogP contribution in [-0.4, -0.2) is 36.8 Å². The van der Waals surface area contributed by atoms with Crippen LogP contribution >= 0.6 is 23.2 Å². The second-order valence-corrected chi connectivity index (χ2v) is 5.91. The van der Waals surface area contributed by atoms with Crippen LogP contribution in [0.25, 0.3) is 0 Å². The Balaban J connectivity index is 1.96. The number of nitrogens with zero attached hydrogens (tertiary/aromatic N) is 1. The fourth-order valence-electron chi connectivity index (χ4n) is 2.53. The standard InChI is InChI=1S/C14H19Cl2NO2/c1-19-9-10-2-4-17(5-3-10)8-11-6-12(15)7-13(16)14(11)18/h6-7,10,18H,2-5,8-9H2,1H3. The van der Waals surface area contributed by atoms with E-state index in [-0.39, 0.29) is 5.75 Å². The number of phenolic OH excluding ortho intramolecular Hbond substituents is 1. The van der Waals surface area contributed by atoms with Crippen LogP contribution in [0.4, 0.5) is 0 Å². The molecule has 1 aliphatic rings. The van der Waals surface area contributed by atoms with Gasteiger partial charge in [-0.05, 0) is 44.0 Å². The van der Waals surface area contributed by atoms with Crippen molar-refractivity contribution in [2.45, 2.75) is 19.4 Å². The lowest BCUT2D eigenvalue weighted by atomic mass is 9.97. The highest BCUT2D eigenvalue weighted by Gasteiger charge is 2.20. The van der Waals surface area contributed by atoms with Gasteiger partial charge < -0.3 is 9.84 Å². The van der Waals surface area contributed by atoms with Crippen LogP contribution in [0.2, 0.25) is 10.0 Å². The van der Waals surface area contributed by atoms with E-state index < -0.39 is 0 Å². The number of ether oxygens (including phenoxy) is 1. The second kappa shape index (κ2) is 6.80. The van der Waals surface area contributed by atoms with E-state index in [4.69, 9.17) is 27.9 Å². The minimum absolute atomic E-state index is 0.144. The fourth-order valence-corrected chi connectivity index (χ4v) is 3.06. The maximum Gasteiger partial charge on any atom is 0.138 e. The number of hydrogen-bond donors (Lipinski definition) is 1. The predicted octanol–water partition coefficient (Wildman–Crippen LogP) is 3.56. The molecule has 1 aliphatic heterocycles. The number of benzene rings is 1. The Morgan fingerprint density at radius 2 is 2.00 bits per heavy atom. The Bertz CT molecular complexity index is 432. The largest absolute Gasteiger partial charge is 0.506 e. The van der Waals surface area contributed by atoms with E-state index in [9.17, 15) is 5.11 Å². The van der Waals surface area contributed by atoms with Gasteiger partial charge in [0.2, 0.25) is 0 Å². The van der Waals surface area contributed by atoms with E-state index >= 15 is 0 Å². The SMILES string of the molecule is COCC1CCN(Cc2cc(Cl)cc(Cl)c2O)CC1. The molecule has 0 amide bonds. The van der Waals surface area contributed by atoms with Crippen molar-refractivity contribution in [2.75, 3.05) is 26.8 Å². The van der Waals surface area contributed by atoms with Gasteiger partial charge >= 0.3 is 0 Å². The smallest absolute Gasteiger partial charge is 0.138 e. The Morgan fingerprint density at radius 1 is 1.32 bits per heavy atom. The summed E-state index contributed by atoms with van der Waals surface area (Å²) in [6.07, 6.45) is 2.26. The van der Waals surface area contributed by atoms with Crippen LogP contribution in [0.1, 0.15) is 18.4 Å². The number of hydrogen-bond acceptors (Lipinski definition) is 3. The van der Waals surface area contributed by atoms with Crippen molar-refractivity contribution in [1.29, 1.82) is 0 Å². The molecular formula is C14H19Cl2NO2. The first-order chi connectivity index (χ1) is 9.10. The molecule has 0 bridgehead atoms. The van der Waals surface area contributed by atoms with Crippen LogP contribution in [0, 0.1) is 5.92 Å². The Kier molecular flexibility index (Phi) is 5.34. The molecule has 1 fully saturated rings. The highest BCUT2D eigenvalue weighted by molar-refractivity contribution is 6.35. The molecular weight excluding hydrogens is 285 g/mol. The molecule has 1 aromatic rings. The zero-order valence-electron chi connectivity index (χ0n) is 11.0. The Hall–Kier alpha value is -0.480. The van der Waals surface area contributed by atoms with Crippen LogP contribution in [0.15, 0.2) is 12.1 Å². The van der Waals surface area contributed by atoms with Crippen molar-refractivity contribution < 1.29 is 9.84 Å². The quantitative estimate of drug-likeness (QED) is 0.923. The van der Waals surface area contributed by atoms with Gasteiger partial charge in [0.15, 0.2) is 0 Å². The van der Waals surface area contributed by atoms with Gasteiger partial charge in [0.05, 0.1) is 5.02 Å². The van der Waals surface area contributed by atoms with Crippen LogP contribution in [-0.2, 0) is 11.3 Å². The number of halogens is 2. The highest BCUT2D eigenvalue weighted by atomic mass is 35.5. The van der Waals surface area contributed by atoms with Crippen molar-refractivity contribution in [3.63, 3.8) is 0 Å². The topological polar surface area (TPSA) is 32.7 Å². The van der Waals surface area contributed by atoms with E-state index in [0.717, 1.165) is 38.1 Å². The number of methoxy groups -OCH3 is 1. The second-order valence-electron chi connectivity index (χ2n) is 5.07. The molecule has 3 nitrogen and oxygen atoms in total. The summed E-state index contributed by atoms with van der Waals surface area (Å²) in [6, 6.07) is 3.34. The summed E-state index contributed by atoms with van der Waals surface area (Å²) >= 11 is 11.9. The van der Waals surface area contributed by atoms with Crippen LogP contribution in [0.5, 0.6) is 5.75 Å². The van der Waals surface area contributed by atoms with E-state index in [1.165, 1.54) is 0 Å². The molecule has 2 rings (SSSR count). The maximum atomic E-state index is 9.95. The van der Waals surface area contributed by atoms with Gasteiger partial charge in [-0.2, -0.15) is 0 Å². The molecule has 19 heavy (non-hydrogen) atoms. The van der Waals surface area contributed by atoms with Gasteiger partial charge in [0.25, 0.3) is 0 Å². The first-order valence-corrected chi connectivity index (χ1v) is 7.24. The molecule has 1 N–H and O–H groups in total. The molecule has 0 saturated carbocycles. The van der Waals surface area contributed by atoms with Crippen LogP contribution < -0.4 is 0 Å². The first kappa shape index (κ1) is 14.9. The minimum atomic E-state index is 0.144. The number of piperidine rings is 1. The van der Waals surface area contributed by atoms with Crippen molar-refractivity contribution >= 4 is 23.2 Å². The third kappa shape index (κ3) is 3.99. The van der Waals surface area contributed by atoms with Gasteiger partial charge in [0.1, 0.15) is 5.75 Å². The molecule has 0 unspecified atom stereocenters. The minimum Gasteiger partial charge on any atom is -0.506 e. The average molecular weight is 304 g/mol. The number of likely N-dealkylation sites (tertiary alicyclic amines) is 1. The third-order valence-corrected chi connectivity index (χ3v) is 4.12. The van der Waals surface area contributed by atoms with Gasteiger partial charge in [-0.25, -0.2) is 0 Å². The molecule has 0 atom stereocenters. The molecule has 0 radical (unpaired) electrons. The summed E-state index contributed by atoms with van der Waals surface area (Å²) < 4.78 is 5.19. The summed E-state index contributed by atoms with van der Waals surface area (Å²) in [4.78, 5) is 2.31.